The van der Waals surface area contributed by atoms with Crippen LogP contribution >= 0.6 is 23.7 Å². The van der Waals surface area contributed by atoms with Crippen molar-refractivity contribution in [3.05, 3.63) is 35.8 Å². The summed E-state index contributed by atoms with van der Waals surface area (Å²) in [5.74, 6) is -0.00529. The predicted octanol–water partition coefficient (Wildman–Crippen LogP) is 2.55. The highest BCUT2D eigenvalue weighted by Gasteiger charge is 2.17. The van der Waals surface area contributed by atoms with Gasteiger partial charge in [0.1, 0.15) is 5.01 Å². The number of ether oxygens (including phenoxy) is 1. The van der Waals surface area contributed by atoms with E-state index in [1.807, 2.05) is 29.6 Å². The molecule has 22 heavy (non-hydrogen) atoms. The summed E-state index contributed by atoms with van der Waals surface area (Å²) in [5, 5.41) is 9.10. The van der Waals surface area contributed by atoms with Crippen LogP contribution in [-0.4, -0.2) is 36.7 Å². The van der Waals surface area contributed by atoms with Crippen LogP contribution in [0.1, 0.15) is 6.42 Å². The van der Waals surface area contributed by atoms with Gasteiger partial charge in [0, 0.05) is 41.8 Å². The van der Waals surface area contributed by atoms with Crippen LogP contribution in [0.2, 0.25) is 0 Å². The van der Waals surface area contributed by atoms with Gasteiger partial charge in [-0.1, -0.05) is 12.1 Å². The van der Waals surface area contributed by atoms with Gasteiger partial charge in [0.05, 0.1) is 13.2 Å². The highest BCUT2D eigenvalue weighted by molar-refractivity contribution is 7.13. The smallest absolute Gasteiger partial charge is 0.226 e. The average Bonchev–Trinajstić information content (AvgIpc) is 3.02. The van der Waals surface area contributed by atoms with Gasteiger partial charge in [0.25, 0.3) is 0 Å². The maximum absolute atomic E-state index is 12.1. The zero-order valence-corrected chi connectivity index (χ0v) is 13.6. The number of halogens is 1. The van der Waals surface area contributed by atoms with Gasteiger partial charge < -0.3 is 15.4 Å². The molecule has 0 bridgehead atoms. The zero-order valence-electron chi connectivity index (χ0n) is 12.0. The predicted molar refractivity (Wildman–Crippen MR) is 90.7 cm³/mol. The summed E-state index contributed by atoms with van der Waals surface area (Å²) >= 11 is 1.58. The molecule has 2 heterocycles. The molecule has 3 rings (SSSR count). The van der Waals surface area contributed by atoms with Crippen LogP contribution in [0, 0.1) is 0 Å². The van der Waals surface area contributed by atoms with Crippen LogP contribution in [-0.2, 0) is 9.53 Å². The number of thiazole rings is 1. The van der Waals surface area contributed by atoms with Crippen molar-refractivity contribution in [2.24, 2.45) is 0 Å². The number of carbonyl (C=O) groups excluding carboxylic acids is 1. The van der Waals surface area contributed by atoms with Crippen LogP contribution in [0.4, 0.5) is 5.69 Å². The lowest BCUT2D eigenvalue weighted by Gasteiger charge is -2.23. The van der Waals surface area contributed by atoms with Gasteiger partial charge in [-0.3, -0.25) is 4.79 Å². The summed E-state index contributed by atoms with van der Waals surface area (Å²) in [7, 11) is 0. The van der Waals surface area contributed by atoms with Crippen LogP contribution < -0.4 is 10.6 Å². The molecule has 0 radical (unpaired) electrons. The molecule has 0 spiro atoms. The van der Waals surface area contributed by atoms with Gasteiger partial charge in [-0.2, -0.15) is 0 Å². The van der Waals surface area contributed by atoms with Crippen molar-refractivity contribution in [1.29, 1.82) is 0 Å². The zero-order chi connectivity index (χ0) is 14.5. The molecule has 1 aromatic heterocycles. The molecular formula is C15H18ClN3O2S. The Hall–Kier alpha value is -1.47. The van der Waals surface area contributed by atoms with E-state index in [-0.39, 0.29) is 24.4 Å². The van der Waals surface area contributed by atoms with E-state index in [1.165, 1.54) is 0 Å². The van der Waals surface area contributed by atoms with Gasteiger partial charge in [-0.15, -0.1) is 23.7 Å². The fourth-order valence-electron chi connectivity index (χ4n) is 2.28. The minimum atomic E-state index is -0.00529. The molecule has 1 unspecified atom stereocenters. The third-order valence-electron chi connectivity index (χ3n) is 3.26. The topological polar surface area (TPSA) is 63.2 Å². The number of hydrogen-bond acceptors (Lipinski definition) is 5. The molecule has 1 atom stereocenters. The molecule has 0 saturated carbocycles. The fraction of sp³-hybridized carbons (Fsp3) is 0.333. The van der Waals surface area contributed by atoms with Crippen LogP contribution in [0.25, 0.3) is 10.6 Å². The number of rotatable bonds is 4. The number of hydrogen-bond donors (Lipinski definition) is 2. The molecule has 2 aromatic rings. The standard InChI is InChI=1S/C15H17N3O2S.ClH/c19-14(9-13-10-20-6-4-16-13)18-12-3-1-2-11(8-12)15-17-5-7-21-15;/h1-3,5,7-8,13,16H,4,6,9-10H2,(H,18,19);1H. The minimum Gasteiger partial charge on any atom is -0.378 e. The van der Waals surface area contributed by atoms with Crippen molar-refractivity contribution in [1.82, 2.24) is 10.3 Å². The van der Waals surface area contributed by atoms with Crippen molar-refractivity contribution >= 4 is 35.3 Å². The summed E-state index contributed by atoms with van der Waals surface area (Å²) < 4.78 is 5.35. The number of aromatic nitrogens is 1. The van der Waals surface area contributed by atoms with Crippen LogP contribution in [0.15, 0.2) is 35.8 Å². The Bertz CT molecular complexity index is 601. The molecule has 1 aromatic carbocycles. The number of morpholine rings is 1. The van der Waals surface area contributed by atoms with Crippen molar-refractivity contribution in [2.45, 2.75) is 12.5 Å². The lowest BCUT2D eigenvalue weighted by molar-refractivity contribution is -0.117. The summed E-state index contributed by atoms with van der Waals surface area (Å²) in [6.07, 6.45) is 2.20. The van der Waals surface area contributed by atoms with E-state index in [1.54, 1.807) is 17.5 Å². The summed E-state index contributed by atoms with van der Waals surface area (Å²) in [6.45, 7) is 2.11. The Kier molecular flexibility index (Phi) is 6.33. The van der Waals surface area contributed by atoms with Gasteiger partial charge in [0.2, 0.25) is 5.91 Å². The van der Waals surface area contributed by atoms with E-state index in [4.69, 9.17) is 4.74 Å². The van der Waals surface area contributed by atoms with E-state index in [0.29, 0.717) is 19.6 Å². The second-order valence-electron chi connectivity index (χ2n) is 4.90. The molecule has 118 valence electrons. The molecule has 1 aliphatic heterocycles. The normalized spacial score (nSPS) is 17.5. The van der Waals surface area contributed by atoms with E-state index in [2.05, 4.69) is 15.6 Å². The molecule has 5 nitrogen and oxygen atoms in total. The molecule has 2 N–H and O–H groups in total. The van der Waals surface area contributed by atoms with E-state index >= 15 is 0 Å². The lowest BCUT2D eigenvalue weighted by atomic mass is 10.1. The lowest BCUT2D eigenvalue weighted by Crippen LogP contribution is -2.43. The van der Waals surface area contributed by atoms with Crippen molar-refractivity contribution in [3.63, 3.8) is 0 Å². The Morgan fingerprint density at radius 3 is 3.14 bits per heavy atom. The highest BCUT2D eigenvalue weighted by Crippen LogP contribution is 2.24. The Labute approximate surface area is 139 Å². The quantitative estimate of drug-likeness (QED) is 0.898. The third-order valence-corrected chi connectivity index (χ3v) is 4.08. The number of anilines is 1. The number of amides is 1. The largest absolute Gasteiger partial charge is 0.378 e. The molecule has 0 aliphatic carbocycles. The van der Waals surface area contributed by atoms with Gasteiger partial charge in [-0.05, 0) is 12.1 Å². The molecule has 1 amide bonds. The molecule has 7 heteroatoms. The number of benzene rings is 1. The fourth-order valence-corrected chi connectivity index (χ4v) is 2.92. The number of carbonyl (C=O) groups is 1. The van der Waals surface area contributed by atoms with Crippen molar-refractivity contribution in [2.75, 3.05) is 25.1 Å². The number of nitrogens with one attached hydrogen (secondary N) is 2. The van der Waals surface area contributed by atoms with Crippen molar-refractivity contribution < 1.29 is 9.53 Å². The molecule has 1 aliphatic rings. The van der Waals surface area contributed by atoms with E-state index < -0.39 is 0 Å². The van der Waals surface area contributed by atoms with E-state index in [0.717, 1.165) is 22.8 Å². The first-order valence-corrected chi connectivity index (χ1v) is 7.80. The van der Waals surface area contributed by atoms with Gasteiger partial charge in [0.15, 0.2) is 0 Å². The van der Waals surface area contributed by atoms with E-state index in [9.17, 15) is 4.79 Å². The Balaban J connectivity index is 0.00000176. The molecule has 1 saturated heterocycles. The first-order valence-electron chi connectivity index (χ1n) is 6.92. The van der Waals surface area contributed by atoms with Crippen molar-refractivity contribution in [3.8, 4) is 10.6 Å². The molecule has 1 fully saturated rings. The maximum Gasteiger partial charge on any atom is 0.226 e. The second-order valence-corrected chi connectivity index (χ2v) is 5.79. The molecular weight excluding hydrogens is 322 g/mol. The van der Waals surface area contributed by atoms with Gasteiger partial charge in [-0.25, -0.2) is 4.98 Å². The monoisotopic (exact) mass is 339 g/mol. The first kappa shape index (κ1) is 16.9. The minimum absolute atomic E-state index is 0. The van der Waals surface area contributed by atoms with Crippen LogP contribution in [0.5, 0.6) is 0 Å². The third kappa shape index (κ3) is 4.51. The summed E-state index contributed by atoms with van der Waals surface area (Å²) in [5.41, 5.74) is 1.81. The summed E-state index contributed by atoms with van der Waals surface area (Å²) in [4.78, 5) is 16.3. The Morgan fingerprint density at radius 2 is 2.41 bits per heavy atom. The first-order chi connectivity index (χ1) is 10.3. The van der Waals surface area contributed by atoms with Gasteiger partial charge >= 0.3 is 0 Å². The number of nitrogens with zero attached hydrogens (tertiary/aromatic N) is 1. The Morgan fingerprint density at radius 1 is 1.50 bits per heavy atom. The maximum atomic E-state index is 12.1. The highest BCUT2D eigenvalue weighted by atomic mass is 35.5. The summed E-state index contributed by atoms with van der Waals surface area (Å²) in [6, 6.07) is 7.85. The SMILES string of the molecule is Cl.O=C(CC1COCCN1)Nc1cccc(-c2nccs2)c1. The van der Waals surface area contributed by atoms with Crippen LogP contribution in [0.3, 0.4) is 0 Å². The second kappa shape index (κ2) is 8.24. The average molecular weight is 340 g/mol.